The second kappa shape index (κ2) is 81.2. The molecule has 0 aliphatic heterocycles. The molecule has 0 aromatic heterocycles. The predicted molar refractivity (Wildman–Crippen MR) is 407 cm³/mol. The average Bonchev–Trinajstić information content (AvgIpc) is 3.62. The standard InChI is InChI=1S/C86H163NO5/c1-3-5-7-9-11-13-15-17-19-21-22-23-37-40-43-47-50-54-58-62-66-70-74-78-84(89)83(82-88)87-85(90)79-75-71-67-63-59-55-51-48-44-41-38-35-33-31-29-27-25-24-26-28-30-32-34-36-39-42-45-49-53-57-61-65-69-73-77-81-92-86(91)80-76-72-68-64-60-56-52-46-20-18-16-14-12-10-8-6-4-2/h18,20,26,28,32,34,74,78,83-84,88-89H,3-17,19,21-25,27,29-31,33,35-73,75-77,79-82H2,1-2H3,(H,87,90)/b20-18-,28-26-,34-32-,78-74+. The van der Waals surface area contributed by atoms with E-state index in [1.54, 1.807) is 6.08 Å². The molecule has 0 heterocycles. The van der Waals surface area contributed by atoms with Crippen molar-refractivity contribution in [3.8, 4) is 0 Å². The zero-order valence-electron chi connectivity index (χ0n) is 62.3. The van der Waals surface area contributed by atoms with Crippen LogP contribution in [0.2, 0.25) is 0 Å². The van der Waals surface area contributed by atoms with Gasteiger partial charge in [0.15, 0.2) is 0 Å². The zero-order valence-corrected chi connectivity index (χ0v) is 62.3. The molecule has 0 aliphatic rings. The molecule has 0 rings (SSSR count). The molecule has 2 unspecified atom stereocenters. The number of esters is 1. The zero-order chi connectivity index (χ0) is 66.3. The van der Waals surface area contributed by atoms with Gasteiger partial charge in [-0.25, -0.2) is 0 Å². The molecule has 0 spiro atoms. The Labute approximate surface area is 576 Å². The minimum Gasteiger partial charge on any atom is -0.466 e. The van der Waals surface area contributed by atoms with Crippen LogP contribution in [0.1, 0.15) is 463 Å². The van der Waals surface area contributed by atoms with E-state index in [0.29, 0.717) is 19.4 Å². The van der Waals surface area contributed by atoms with Crippen molar-refractivity contribution < 1.29 is 24.5 Å². The topological polar surface area (TPSA) is 95.9 Å². The summed E-state index contributed by atoms with van der Waals surface area (Å²) >= 11 is 0. The van der Waals surface area contributed by atoms with Crippen molar-refractivity contribution in [3.63, 3.8) is 0 Å². The highest BCUT2D eigenvalue weighted by atomic mass is 16.5. The van der Waals surface area contributed by atoms with E-state index in [4.69, 9.17) is 4.74 Å². The molecule has 0 aromatic carbocycles. The van der Waals surface area contributed by atoms with Crippen LogP contribution in [0, 0.1) is 0 Å². The number of aliphatic hydroxyl groups is 2. The number of hydrogen-bond acceptors (Lipinski definition) is 5. The Morgan fingerprint density at radius 1 is 0.304 bits per heavy atom. The van der Waals surface area contributed by atoms with Gasteiger partial charge >= 0.3 is 5.97 Å². The van der Waals surface area contributed by atoms with Crippen LogP contribution in [0.5, 0.6) is 0 Å². The fourth-order valence-electron chi connectivity index (χ4n) is 13.2. The van der Waals surface area contributed by atoms with Gasteiger partial charge in [0, 0.05) is 12.8 Å². The smallest absolute Gasteiger partial charge is 0.305 e. The summed E-state index contributed by atoms with van der Waals surface area (Å²) in [5.74, 6) is -0.0470. The monoisotopic (exact) mass is 1290 g/mol. The second-order valence-electron chi connectivity index (χ2n) is 28.8. The van der Waals surface area contributed by atoms with Gasteiger partial charge in [0.2, 0.25) is 5.91 Å². The Hall–Kier alpha value is -2.18. The number of ether oxygens (including phenoxy) is 1. The third-order valence-corrected chi connectivity index (χ3v) is 19.6. The largest absolute Gasteiger partial charge is 0.466 e. The number of amides is 1. The molecule has 1 amide bonds. The lowest BCUT2D eigenvalue weighted by Gasteiger charge is -2.20. The summed E-state index contributed by atoms with van der Waals surface area (Å²) in [6.07, 6.45) is 108. The number of carbonyl (C=O) groups is 2. The van der Waals surface area contributed by atoms with Crippen LogP contribution >= 0.6 is 0 Å². The normalized spacial score (nSPS) is 12.7. The van der Waals surface area contributed by atoms with Crippen molar-refractivity contribution >= 4 is 11.9 Å². The van der Waals surface area contributed by atoms with Crippen LogP contribution in [-0.2, 0) is 14.3 Å². The molecular weight excluding hydrogens is 1130 g/mol. The first-order chi connectivity index (χ1) is 45.5. The van der Waals surface area contributed by atoms with E-state index in [1.807, 2.05) is 6.08 Å². The van der Waals surface area contributed by atoms with Crippen LogP contribution in [0.4, 0.5) is 0 Å². The van der Waals surface area contributed by atoms with E-state index in [2.05, 4.69) is 55.6 Å². The van der Waals surface area contributed by atoms with Crippen molar-refractivity contribution in [2.45, 2.75) is 475 Å². The lowest BCUT2D eigenvalue weighted by Crippen LogP contribution is -2.45. The van der Waals surface area contributed by atoms with Crippen LogP contribution in [0.25, 0.3) is 0 Å². The SMILES string of the molecule is CCCCCCCC/C=C\CCCCCCCCCC(=O)OCCCCCCCCCCCCC/C=C\C/C=C\CCCCCCCCCCCCCCCCCCCC(=O)NC(CO)C(O)/C=C/CCCCCCCCCCCCCCCCCCCCCCC. The van der Waals surface area contributed by atoms with Gasteiger partial charge < -0.3 is 20.3 Å². The minimum atomic E-state index is -0.845. The molecule has 92 heavy (non-hydrogen) atoms. The number of unbranched alkanes of at least 4 members (excludes halogenated alkanes) is 62. The first kappa shape index (κ1) is 89.8. The average molecular weight is 1290 g/mol. The maximum atomic E-state index is 12.6. The van der Waals surface area contributed by atoms with Crippen LogP contribution < -0.4 is 5.32 Å². The summed E-state index contributed by atoms with van der Waals surface area (Å²) in [7, 11) is 0. The highest BCUT2D eigenvalue weighted by molar-refractivity contribution is 5.76. The molecule has 6 heteroatoms. The molecule has 0 aromatic rings. The third kappa shape index (κ3) is 76.8. The van der Waals surface area contributed by atoms with Gasteiger partial charge in [0.25, 0.3) is 0 Å². The summed E-state index contributed by atoms with van der Waals surface area (Å²) in [4.78, 5) is 24.7. The van der Waals surface area contributed by atoms with Crippen molar-refractivity contribution in [2.24, 2.45) is 0 Å². The third-order valence-electron chi connectivity index (χ3n) is 19.6. The quantitative estimate of drug-likeness (QED) is 0.0320. The van der Waals surface area contributed by atoms with E-state index in [0.717, 1.165) is 51.4 Å². The fourth-order valence-corrected chi connectivity index (χ4v) is 13.2. The molecule has 3 N–H and O–H groups in total. The van der Waals surface area contributed by atoms with Crippen molar-refractivity contribution in [2.75, 3.05) is 13.2 Å². The Morgan fingerprint density at radius 3 is 0.837 bits per heavy atom. The molecule has 6 nitrogen and oxygen atoms in total. The lowest BCUT2D eigenvalue weighted by molar-refractivity contribution is -0.143. The van der Waals surface area contributed by atoms with Gasteiger partial charge in [-0.3, -0.25) is 9.59 Å². The molecule has 542 valence electrons. The number of aliphatic hydroxyl groups excluding tert-OH is 2. The second-order valence-corrected chi connectivity index (χ2v) is 28.8. The maximum absolute atomic E-state index is 12.6. The Kier molecular flexibility index (Phi) is 79.3. The van der Waals surface area contributed by atoms with Gasteiger partial charge in [-0.05, 0) is 89.9 Å². The fraction of sp³-hybridized carbons (Fsp3) is 0.884. The van der Waals surface area contributed by atoms with Gasteiger partial charge in [-0.15, -0.1) is 0 Å². The van der Waals surface area contributed by atoms with E-state index in [-0.39, 0.29) is 18.5 Å². The molecule has 0 fully saturated rings. The Balaban J connectivity index is 3.39. The van der Waals surface area contributed by atoms with E-state index < -0.39 is 12.1 Å². The van der Waals surface area contributed by atoms with Crippen LogP contribution in [0.3, 0.4) is 0 Å². The van der Waals surface area contributed by atoms with E-state index in [1.165, 1.54) is 385 Å². The van der Waals surface area contributed by atoms with E-state index >= 15 is 0 Å². The van der Waals surface area contributed by atoms with Gasteiger partial charge in [0.05, 0.1) is 25.4 Å². The Bertz CT molecular complexity index is 1540. The first-order valence-corrected chi connectivity index (χ1v) is 41.9. The highest BCUT2D eigenvalue weighted by Gasteiger charge is 2.18. The minimum absolute atomic E-state index is 0.0139. The number of rotatable bonds is 79. The first-order valence-electron chi connectivity index (χ1n) is 41.9. The summed E-state index contributed by atoms with van der Waals surface area (Å²) < 4.78 is 5.51. The van der Waals surface area contributed by atoms with Crippen LogP contribution in [0.15, 0.2) is 48.6 Å². The van der Waals surface area contributed by atoms with Gasteiger partial charge in [-0.1, -0.05) is 409 Å². The summed E-state index contributed by atoms with van der Waals surface area (Å²) in [5, 5.41) is 23.3. The summed E-state index contributed by atoms with van der Waals surface area (Å²) in [6, 6.07) is -0.628. The van der Waals surface area contributed by atoms with Crippen molar-refractivity contribution in [1.29, 1.82) is 0 Å². The summed E-state index contributed by atoms with van der Waals surface area (Å²) in [6.45, 7) is 4.95. The highest BCUT2D eigenvalue weighted by Crippen LogP contribution is 2.20. The molecule has 2 atom stereocenters. The molecule has 0 radical (unpaired) electrons. The molecule has 0 bridgehead atoms. The molecule has 0 saturated heterocycles. The molecule has 0 saturated carbocycles. The number of allylic oxidation sites excluding steroid dienone is 7. The maximum Gasteiger partial charge on any atom is 0.305 e. The van der Waals surface area contributed by atoms with Crippen LogP contribution in [-0.4, -0.2) is 47.4 Å². The molecule has 0 aliphatic carbocycles. The van der Waals surface area contributed by atoms with Crippen molar-refractivity contribution in [3.05, 3.63) is 48.6 Å². The summed E-state index contributed by atoms with van der Waals surface area (Å²) in [5.41, 5.74) is 0. The number of hydrogen-bond donors (Lipinski definition) is 3. The van der Waals surface area contributed by atoms with E-state index in [9.17, 15) is 19.8 Å². The lowest BCUT2D eigenvalue weighted by atomic mass is 10.0. The Morgan fingerprint density at radius 2 is 0.543 bits per heavy atom. The van der Waals surface area contributed by atoms with Gasteiger partial charge in [-0.2, -0.15) is 0 Å². The van der Waals surface area contributed by atoms with Gasteiger partial charge in [0.1, 0.15) is 0 Å². The predicted octanol–water partition coefficient (Wildman–Crippen LogP) is 27.9. The van der Waals surface area contributed by atoms with Crippen molar-refractivity contribution in [1.82, 2.24) is 5.32 Å². The number of carbonyl (C=O) groups excluding carboxylic acids is 2. The molecular formula is C86H163NO5. The number of nitrogens with one attached hydrogen (secondary N) is 1.